The molecule has 0 atom stereocenters. The number of rotatable bonds is 2. The van der Waals surface area contributed by atoms with Gasteiger partial charge in [0.1, 0.15) is 0 Å². The monoisotopic (exact) mass is 318 g/mol. The molecule has 3 rings (SSSR count). The number of nitrogens with two attached hydrogens (primary N) is 1. The van der Waals surface area contributed by atoms with Crippen LogP contribution in [0.4, 0.5) is 10.1 Å². The van der Waals surface area contributed by atoms with Crippen LogP contribution in [0, 0.1) is 5.82 Å². The van der Waals surface area contributed by atoms with E-state index in [4.69, 9.17) is 5.73 Å². The van der Waals surface area contributed by atoms with Crippen molar-refractivity contribution in [2.75, 3.05) is 5.73 Å². The number of benzene rings is 2. The molecular formula is C15H12BrFN2. The van der Waals surface area contributed by atoms with E-state index < -0.39 is 0 Å². The molecule has 2 nitrogen and oxygen atoms in total. The molecule has 0 aliphatic carbocycles. The summed E-state index contributed by atoms with van der Waals surface area (Å²) >= 11 is 3.51. The zero-order valence-corrected chi connectivity index (χ0v) is 11.7. The van der Waals surface area contributed by atoms with Crippen molar-refractivity contribution in [3.05, 3.63) is 64.5 Å². The number of fused-ring (bicyclic) bond motifs is 1. The van der Waals surface area contributed by atoms with Crippen LogP contribution in [0.25, 0.3) is 10.9 Å². The molecule has 0 aliphatic rings. The largest absolute Gasteiger partial charge is 0.396 e. The Morgan fingerprint density at radius 2 is 1.89 bits per heavy atom. The lowest BCUT2D eigenvalue weighted by Gasteiger charge is -2.08. The highest BCUT2D eigenvalue weighted by atomic mass is 79.9. The van der Waals surface area contributed by atoms with Crippen molar-refractivity contribution in [2.45, 2.75) is 6.54 Å². The van der Waals surface area contributed by atoms with Gasteiger partial charge < -0.3 is 10.3 Å². The molecule has 0 saturated heterocycles. The molecule has 0 radical (unpaired) electrons. The second-order valence-corrected chi connectivity index (χ2v) is 5.29. The molecular weight excluding hydrogens is 307 g/mol. The van der Waals surface area contributed by atoms with Crippen LogP contribution in [0.1, 0.15) is 5.56 Å². The number of hydrogen-bond donors (Lipinski definition) is 1. The highest BCUT2D eigenvalue weighted by molar-refractivity contribution is 9.10. The Morgan fingerprint density at radius 1 is 1.11 bits per heavy atom. The van der Waals surface area contributed by atoms with E-state index in [0.717, 1.165) is 15.4 Å². The number of aromatic nitrogens is 1. The summed E-state index contributed by atoms with van der Waals surface area (Å²) in [5.74, 6) is -0.334. The summed E-state index contributed by atoms with van der Waals surface area (Å²) in [4.78, 5) is 0. The fourth-order valence-corrected chi connectivity index (χ4v) is 2.72. The van der Waals surface area contributed by atoms with Gasteiger partial charge in [0.2, 0.25) is 0 Å². The summed E-state index contributed by atoms with van der Waals surface area (Å²) in [6, 6.07) is 13.1. The first kappa shape index (κ1) is 12.2. The first-order valence-corrected chi connectivity index (χ1v) is 6.72. The minimum atomic E-state index is -0.334. The van der Waals surface area contributed by atoms with Gasteiger partial charge in [-0.2, -0.15) is 0 Å². The topological polar surface area (TPSA) is 30.9 Å². The van der Waals surface area contributed by atoms with Gasteiger partial charge in [-0.05, 0) is 24.3 Å². The van der Waals surface area contributed by atoms with Crippen molar-refractivity contribution in [2.24, 2.45) is 0 Å². The second kappa shape index (κ2) is 4.70. The van der Waals surface area contributed by atoms with Crippen LogP contribution < -0.4 is 5.73 Å². The van der Waals surface area contributed by atoms with Crippen molar-refractivity contribution in [3.63, 3.8) is 0 Å². The van der Waals surface area contributed by atoms with E-state index in [-0.39, 0.29) is 11.5 Å². The summed E-state index contributed by atoms with van der Waals surface area (Å²) in [7, 11) is 0. The zero-order valence-electron chi connectivity index (χ0n) is 10.1. The van der Waals surface area contributed by atoms with Crippen LogP contribution in [0.3, 0.4) is 0 Å². The van der Waals surface area contributed by atoms with E-state index in [9.17, 15) is 4.39 Å². The fourth-order valence-electron chi connectivity index (χ4n) is 2.23. The van der Waals surface area contributed by atoms with Crippen LogP contribution in [-0.4, -0.2) is 4.57 Å². The molecule has 3 aromatic rings. The van der Waals surface area contributed by atoms with Crippen LogP contribution in [0.15, 0.2) is 53.1 Å². The molecule has 19 heavy (non-hydrogen) atoms. The SMILES string of the molecule is Nc1cccc(Cn2ccc3c(Br)cccc32)c1F. The third-order valence-corrected chi connectivity index (χ3v) is 3.90. The van der Waals surface area contributed by atoms with Crippen molar-refractivity contribution >= 4 is 32.5 Å². The molecule has 0 spiro atoms. The van der Waals surface area contributed by atoms with Crippen molar-refractivity contribution in [1.82, 2.24) is 4.57 Å². The molecule has 0 bridgehead atoms. The fraction of sp³-hybridized carbons (Fsp3) is 0.0667. The van der Waals surface area contributed by atoms with Crippen LogP contribution in [0.2, 0.25) is 0 Å². The summed E-state index contributed by atoms with van der Waals surface area (Å²) in [5.41, 5.74) is 7.45. The number of halogens is 2. The molecule has 0 unspecified atom stereocenters. The van der Waals surface area contributed by atoms with E-state index >= 15 is 0 Å². The second-order valence-electron chi connectivity index (χ2n) is 4.44. The third kappa shape index (κ3) is 2.12. The molecule has 0 aliphatic heterocycles. The Hall–Kier alpha value is -1.81. The first-order valence-electron chi connectivity index (χ1n) is 5.93. The first-order chi connectivity index (χ1) is 9.16. The van der Waals surface area contributed by atoms with Gasteiger partial charge in [-0.15, -0.1) is 0 Å². The zero-order chi connectivity index (χ0) is 13.4. The standard InChI is InChI=1S/C15H12BrFN2/c16-12-4-2-6-14-11(12)7-8-19(14)9-10-3-1-5-13(18)15(10)17/h1-8H,9,18H2. The van der Waals surface area contributed by atoms with Gasteiger partial charge in [0.25, 0.3) is 0 Å². The molecule has 0 saturated carbocycles. The van der Waals surface area contributed by atoms with E-state index in [0.29, 0.717) is 12.1 Å². The van der Waals surface area contributed by atoms with Crippen LogP contribution >= 0.6 is 15.9 Å². The van der Waals surface area contributed by atoms with Crippen LogP contribution in [-0.2, 0) is 6.54 Å². The average molecular weight is 319 g/mol. The minimum Gasteiger partial charge on any atom is -0.396 e. The van der Waals surface area contributed by atoms with Gasteiger partial charge in [-0.3, -0.25) is 0 Å². The van der Waals surface area contributed by atoms with Crippen molar-refractivity contribution in [1.29, 1.82) is 0 Å². The maximum absolute atomic E-state index is 13.9. The van der Waals surface area contributed by atoms with Gasteiger partial charge in [-0.1, -0.05) is 34.1 Å². The van der Waals surface area contributed by atoms with Gasteiger partial charge in [0.05, 0.1) is 12.2 Å². The lowest BCUT2D eigenvalue weighted by atomic mass is 10.2. The van der Waals surface area contributed by atoms with E-state index in [1.807, 2.05) is 35.0 Å². The molecule has 2 aromatic carbocycles. The van der Waals surface area contributed by atoms with E-state index in [2.05, 4.69) is 15.9 Å². The normalized spacial score (nSPS) is 11.1. The van der Waals surface area contributed by atoms with Crippen LogP contribution in [0.5, 0.6) is 0 Å². The molecule has 1 heterocycles. The summed E-state index contributed by atoms with van der Waals surface area (Å²) in [5, 5.41) is 1.12. The Morgan fingerprint density at radius 3 is 2.74 bits per heavy atom. The van der Waals surface area contributed by atoms with Crippen molar-refractivity contribution in [3.8, 4) is 0 Å². The van der Waals surface area contributed by atoms with E-state index in [1.165, 1.54) is 0 Å². The predicted molar refractivity (Wildman–Crippen MR) is 79.6 cm³/mol. The summed E-state index contributed by atoms with van der Waals surface area (Å²) in [6.07, 6.45) is 1.96. The number of hydrogen-bond acceptors (Lipinski definition) is 1. The average Bonchev–Trinajstić information content (AvgIpc) is 2.80. The Balaban J connectivity index is 2.07. The van der Waals surface area contributed by atoms with Gasteiger partial charge in [0.15, 0.2) is 5.82 Å². The smallest absolute Gasteiger partial charge is 0.151 e. The Kier molecular flexibility index (Phi) is 3.03. The Bertz CT molecular complexity index is 749. The predicted octanol–water partition coefficient (Wildman–Crippen LogP) is 4.17. The summed E-state index contributed by atoms with van der Waals surface area (Å²) < 4.78 is 17.0. The summed E-state index contributed by atoms with van der Waals surface area (Å²) in [6.45, 7) is 0.469. The number of nitrogens with zero attached hydrogens (tertiary/aromatic N) is 1. The molecule has 2 N–H and O–H groups in total. The quantitative estimate of drug-likeness (QED) is 0.706. The highest BCUT2D eigenvalue weighted by Gasteiger charge is 2.08. The molecule has 4 heteroatoms. The van der Waals surface area contributed by atoms with Crippen molar-refractivity contribution < 1.29 is 4.39 Å². The van der Waals surface area contributed by atoms with Gasteiger partial charge >= 0.3 is 0 Å². The lowest BCUT2D eigenvalue weighted by Crippen LogP contribution is -2.02. The number of anilines is 1. The van der Waals surface area contributed by atoms with E-state index in [1.54, 1.807) is 18.2 Å². The maximum atomic E-state index is 13.9. The molecule has 0 fully saturated rings. The molecule has 1 aromatic heterocycles. The van der Waals surface area contributed by atoms with Gasteiger partial charge in [0, 0.05) is 27.1 Å². The third-order valence-electron chi connectivity index (χ3n) is 3.21. The molecule has 0 amide bonds. The molecule has 96 valence electrons. The number of nitrogen functional groups attached to an aromatic ring is 1. The lowest BCUT2D eigenvalue weighted by molar-refractivity contribution is 0.606. The Labute approximate surface area is 118 Å². The minimum absolute atomic E-state index is 0.190. The highest BCUT2D eigenvalue weighted by Crippen LogP contribution is 2.26. The maximum Gasteiger partial charge on any atom is 0.151 e. The van der Waals surface area contributed by atoms with Gasteiger partial charge in [-0.25, -0.2) is 4.39 Å².